The molecule has 7 heteroatoms. The topological polar surface area (TPSA) is 46.2 Å². The molecule has 0 fully saturated rings. The van der Waals surface area contributed by atoms with Crippen LogP contribution in [0.2, 0.25) is 0 Å². The van der Waals surface area contributed by atoms with Crippen LogP contribution in [-0.2, 0) is 9.59 Å². The molecule has 0 bridgehead atoms. The lowest BCUT2D eigenvalue weighted by Crippen LogP contribution is -2.37. The summed E-state index contributed by atoms with van der Waals surface area (Å²) in [6.07, 6.45) is -5.09. The predicted molar refractivity (Wildman–Crippen MR) is 39.4 cm³/mol. The van der Waals surface area contributed by atoms with Crippen LogP contribution in [0.5, 0.6) is 0 Å². The van der Waals surface area contributed by atoms with Gasteiger partial charge < -0.3 is 5.32 Å². The van der Waals surface area contributed by atoms with Crippen LogP contribution in [0.15, 0.2) is 0 Å². The quantitative estimate of drug-likeness (QED) is 0.710. The first-order valence-electron chi connectivity index (χ1n) is 3.30. The van der Waals surface area contributed by atoms with Gasteiger partial charge in [0.15, 0.2) is 0 Å². The number of carbonyl (C=O) groups excluding carboxylic acids is 2. The van der Waals surface area contributed by atoms with Crippen molar-refractivity contribution >= 4 is 23.3 Å². The Labute approximate surface area is 77.2 Å². The average Bonchev–Trinajstić information content (AvgIpc) is 2.02. The average molecular weight is 218 g/mol. The molecule has 0 aliphatic carbocycles. The highest BCUT2D eigenvalue weighted by molar-refractivity contribution is 6.27. The third-order valence-electron chi connectivity index (χ3n) is 1.10. The van der Waals surface area contributed by atoms with Crippen LogP contribution in [0.1, 0.15) is 6.42 Å². The SMILES string of the molecule is O=C(CCl)CCNC(=O)C(F)(F)F. The van der Waals surface area contributed by atoms with Gasteiger partial charge in [0.25, 0.3) is 0 Å². The molecule has 0 aromatic heterocycles. The number of halogens is 4. The van der Waals surface area contributed by atoms with Gasteiger partial charge in [-0.05, 0) is 0 Å². The lowest BCUT2D eigenvalue weighted by molar-refractivity contribution is -0.173. The second-order valence-electron chi connectivity index (χ2n) is 2.18. The molecule has 0 unspecified atom stereocenters. The van der Waals surface area contributed by atoms with Gasteiger partial charge in [0, 0.05) is 13.0 Å². The Morgan fingerprint density at radius 3 is 2.23 bits per heavy atom. The Balaban J connectivity index is 3.67. The number of nitrogens with one attached hydrogen (secondary N) is 1. The lowest BCUT2D eigenvalue weighted by Gasteiger charge is -2.06. The maximum absolute atomic E-state index is 11.5. The molecule has 0 aromatic rings. The van der Waals surface area contributed by atoms with Crippen molar-refractivity contribution in [3.63, 3.8) is 0 Å². The summed E-state index contributed by atoms with van der Waals surface area (Å²) in [4.78, 5) is 20.6. The number of Topliss-reactive ketones (excluding diaryl/α,β-unsaturated/α-hetero) is 1. The van der Waals surface area contributed by atoms with E-state index in [0.717, 1.165) is 0 Å². The van der Waals surface area contributed by atoms with E-state index in [9.17, 15) is 22.8 Å². The maximum atomic E-state index is 11.5. The van der Waals surface area contributed by atoms with E-state index in [0.29, 0.717) is 0 Å². The summed E-state index contributed by atoms with van der Waals surface area (Å²) in [5.41, 5.74) is 0. The van der Waals surface area contributed by atoms with Crippen molar-refractivity contribution in [3.05, 3.63) is 0 Å². The first-order valence-corrected chi connectivity index (χ1v) is 3.84. The first-order chi connectivity index (χ1) is 5.88. The van der Waals surface area contributed by atoms with Crippen molar-refractivity contribution in [1.29, 1.82) is 0 Å². The molecule has 0 saturated heterocycles. The standard InChI is InChI=1S/C6H7ClF3NO2/c7-3-4(12)1-2-11-5(13)6(8,9)10/h1-3H2,(H,11,13). The van der Waals surface area contributed by atoms with Crippen molar-refractivity contribution in [2.24, 2.45) is 0 Å². The van der Waals surface area contributed by atoms with E-state index in [2.05, 4.69) is 0 Å². The highest BCUT2D eigenvalue weighted by Crippen LogP contribution is 2.13. The minimum absolute atomic E-state index is 0.189. The molecule has 3 nitrogen and oxygen atoms in total. The van der Waals surface area contributed by atoms with E-state index in [1.54, 1.807) is 5.32 Å². The van der Waals surface area contributed by atoms with Crippen molar-refractivity contribution in [3.8, 4) is 0 Å². The van der Waals surface area contributed by atoms with Crippen LogP contribution in [0.25, 0.3) is 0 Å². The molecule has 0 aliphatic rings. The summed E-state index contributed by atoms with van der Waals surface area (Å²) in [6, 6.07) is 0. The van der Waals surface area contributed by atoms with E-state index in [4.69, 9.17) is 11.6 Å². The number of carbonyl (C=O) groups is 2. The molecular weight excluding hydrogens is 211 g/mol. The number of alkyl halides is 4. The Hall–Kier alpha value is -0.780. The van der Waals surface area contributed by atoms with Crippen molar-refractivity contribution < 1.29 is 22.8 Å². The van der Waals surface area contributed by atoms with Crippen LogP contribution >= 0.6 is 11.6 Å². The molecule has 0 saturated carbocycles. The maximum Gasteiger partial charge on any atom is 0.471 e. The second-order valence-corrected chi connectivity index (χ2v) is 2.44. The highest BCUT2D eigenvalue weighted by atomic mass is 35.5. The minimum Gasteiger partial charge on any atom is -0.348 e. The van der Waals surface area contributed by atoms with Crippen LogP contribution in [-0.4, -0.2) is 30.3 Å². The van der Waals surface area contributed by atoms with Gasteiger partial charge in [0.2, 0.25) is 0 Å². The summed E-state index contributed by atoms with van der Waals surface area (Å²) in [5, 5.41) is 1.54. The van der Waals surface area contributed by atoms with E-state index < -0.39 is 17.9 Å². The summed E-state index contributed by atoms with van der Waals surface area (Å²) in [5.74, 6) is -2.72. The Morgan fingerprint density at radius 1 is 1.31 bits per heavy atom. The molecule has 0 atom stereocenters. The van der Waals surface area contributed by atoms with Gasteiger partial charge in [-0.15, -0.1) is 11.6 Å². The van der Waals surface area contributed by atoms with Crippen LogP contribution < -0.4 is 5.32 Å². The van der Waals surface area contributed by atoms with Gasteiger partial charge in [-0.25, -0.2) is 0 Å². The zero-order chi connectivity index (χ0) is 10.5. The third-order valence-corrected chi connectivity index (χ3v) is 1.39. The van der Waals surface area contributed by atoms with Crippen LogP contribution in [0, 0.1) is 0 Å². The summed E-state index contributed by atoms with van der Waals surface area (Å²) >= 11 is 5.07. The molecule has 0 spiro atoms. The van der Waals surface area contributed by atoms with Gasteiger partial charge in [0.05, 0.1) is 5.88 Å². The Morgan fingerprint density at radius 2 is 1.85 bits per heavy atom. The van der Waals surface area contributed by atoms with Crippen molar-refractivity contribution in [2.45, 2.75) is 12.6 Å². The molecule has 1 N–H and O–H groups in total. The molecule has 76 valence electrons. The number of hydrogen-bond donors (Lipinski definition) is 1. The molecule has 0 heterocycles. The third kappa shape index (κ3) is 5.46. The predicted octanol–water partition coefficient (Wildman–Crippen LogP) is 0.863. The largest absolute Gasteiger partial charge is 0.471 e. The Kier molecular flexibility index (Phi) is 4.76. The zero-order valence-corrected chi connectivity index (χ0v) is 7.21. The highest BCUT2D eigenvalue weighted by Gasteiger charge is 2.38. The summed E-state index contributed by atoms with van der Waals surface area (Å²) < 4.78 is 34.6. The monoisotopic (exact) mass is 217 g/mol. The molecule has 0 radical (unpaired) electrons. The fraction of sp³-hybridized carbons (Fsp3) is 0.667. The van der Waals surface area contributed by atoms with Crippen LogP contribution in [0.4, 0.5) is 13.2 Å². The second kappa shape index (κ2) is 5.06. The van der Waals surface area contributed by atoms with E-state index in [1.165, 1.54) is 0 Å². The zero-order valence-electron chi connectivity index (χ0n) is 6.45. The molecular formula is C6H7ClF3NO2. The number of amides is 1. The smallest absolute Gasteiger partial charge is 0.348 e. The van der Waals surface area contributed by atoms with E-state index in [1.807, 2.05) is 0 Å². The van der Waals surface area contributed by atoms with Gasteiger partial charge in [-0.1, -0.05) is 0 Å². The normalized spacial score (nSPS) is 11.1. The molecule has 0 aromatic carbocycles. The summed E-state index contributed by atoms with van der Waals surface area (Å²) in [7, 11) is 0. The van der Waals surface area contributed by atoms with Gasteiger partial charge >= 0.3 is 12.1 Å². The molecule has 1 amide bonds. The minimum atomic E-state index is -4.90. The van der Waals surface area contributed by atoms with Crippen molar-refractivity contribution in [1.82, 2.24) is 5.32 Å². The fourth-order valence-electron chi connectivity index (χ4n) is 0.482. The number of rotatable bonds is 4. The lowest BCUT2D eigenvalue weighted by atomic mass is 10.3. The molecule has 13 heavy (non-hydrogen) atoms. The van der Waals surface area contributed by atoms with Crippen molar-refractivity contribution in [2.75, 3.05) is 12.4 Å². The fourth-order valence-corrected chi connectivity index (χ4v) is 0.616. The number of ketones is 1. The van der Waals surface area contributed by atoms with E-state index in [-0.39, 0.29) is 18.8 Å². The van der Waals surface area contributed by atoms with Gasteiger partial charge in [-0.3, -0.25) is 9.59 Å². The van der Waals surface area contributed by atoms with Gasteiger partial charge in [0.1, 0.15) is 5.78 Å². The molecule has 0 aliphatic heterocycles. The Bertz CT molecular complexity index is 205. The van der Waals surface area contributed by atoms with Crippen LogP contribution in [0.3, 0.4) is 0 Å². The van der Waals surface area contributed by atoms with Gasteiger partial charge in [-0.2, -0.15) is 13.2 Å². The summed E-state index contributed by atoms with van der Waals surface area (Å²) in [6.45, 7) is -0.343. The van der Waals surface area contributed by atoms with E-state index >= 15 is 0 Å². The number of hydrogen-bond acceptors (Lipinski definition) is 2. The molecule has 0 rings (SSSR count). The first kappa shape index (κ1) is 12.2.